The Labute approximate surface area is 731 Å². The number of ether oxygens (including phenoxy) is 4. The Morgan fingerprint density at radius 3 is 1.18 bits per heavy atom. The van der Waals surface area contributed by atoms with Crippen LogP contribution in [-0.4, -0.2) is 134 Å². The fraction of sp³-hybridized carbons (Fsp3) is 0.506. The Bertz CT molecular complexity index is 4650. The first kappa shape index (κ1) is 106. The molecule has 2 aromatic carbocycles. The van der Waals surface area contributed by atoms with E-state index in [-0.39, 0.29) is 81.6 Å². The van der Waals surface area contributed by atoms with Gasteiger partial charge in [-0.15, -0.1) is 12.4 Å². The number of fused-ring (bicyclic) bond motifs is 4. The Balaban J connectivity index is 0.000000506. The van der Waals surface area contributed by atoms with Gasteiger partial charge in [0.05, 0.1) is 50.0 Å². The van der Waals surface area contributed by atoms with Crippen molar-refractivity contribution in [2.24, 2.45) is 11.5 Å². The second-order valence-corrected chi connectivity index (χ2v) is 30.8. The average molecular weight is 1740 g/mol. The van der Waals surface area contributed by atoms with Gasteiger partial charge >= 0.3 is 0 Å². The van der Waals surface area contributed by atoms with Crippen molar-refractivity contribution >= 4 is 144 Å². The summed E-state index contributed by atoms with van der Waals surface area (Å²) >= 11 is 17.4. The number of carbonyl (C=O) groups is 4. The molecule has 10 rings (SSSR count). The number of ketones is 4. The van der Waals surface area contributed by atoms with Gasteiger partial charge in [-0.25, -0.2) is 29.9 Å². The fourth-order valence-corrected chi connectivity index (χ4v) is 12.8. The van der Waals surface area contributed by atoms with Gasteiger partial charge in [-0.2, -0.15) is 29.9 Å². The number of aromatic nitrogens is 12. The van der Waals surface area contributed by atoms with E-state index in [4.69, 9.17) is 75.9 Å². The van der Waals surface area contributed by atoms with Crippen molar-refractivity contribution < 1.29 is 38.1 Å². The highest BCUT2D eigenvalue weighted by atomic mass is 35.5. The molecule has 120 heavy (non-hydrogen) atoms. The maximum Gasteiger partial charge on any atom is 0.227 e. The Morgan fingerprint density at radius 2 is 0.783 bits per heavy atom. The Morgan fingerprint density at radius 1 is 0.433 bits per heavy atom. The van der Waals surface area contributed by atoms with Crippen LogP contribution in [0.4, 0.5) is 29.4 Å². The van der Waals surface area contributed by atoms with E-state index in [1.807, 2.05) is 93.6 Å². The Kier molecular flexibility index (Phi) is 49.1. The van der Waals surface area contributed by atoms with Gasteiger partial charge in [-0.1, -0.05) is 118 Å². The van der Waals surface area contributed by atoms with Crippen LogP contribution in [0, 0.1) is 0 Å². The second-order valence-electron chi connectivity index (χ2n) is 29.8. The van der Waals surface area contributed by atoms with Crippen LogP contribution in [0.2, 0.25) is 15.7 Å². The van der Waals surface area contributed by atoms with Crippen molar-refractivity contribution in [1.82, 2.24) is 59.8 Å². The Hall–Kier alpha value is -9.64. The molecule has 0 amide bonds. The lowest BCUT2D eigenvalue weighted by atomic mass is 9.88. The van der Waals surface area contributed by atoms with E-state index < -0.39 is 0 Å². The highest BCUT2D eigenvalue weighted by molar-refractivity contribution is 6.35. The maximum absolute atomic E-state index is 11.7. The molecule has 31 heteroatoms. The lowest BCUT2D eigenvalue weighted by molar-refractivity contribution is -0.118. The molecule has 0 radical (unpaired) electrons. The number of hydrogen-bond acceptors (Lipinski definition) is 27. The minimum absolute atomic E-state index is 0. The van der Waals surface area contributed by atoms with E-state index >= 15 is 0 Å². The predicted molar refractivity (Wildman–Crippen MR) is 495 cm³/mol. The van der Waals surface area contributed by atoms with Gasteiger partial charge < -0.3 is 76.6 Å². The van der Waals surface area contributed by atoms with Crippen molar-refractivity contribution in [3.05, 3.63) is 137 Å². The number of pyridine rings is 4. The number of nitrogens with two attached hydrogens (primary N) is 3. The van der Waals surface area contributed by atoms with Crippen LogP contribution in [0.5, 0.6) is 23.0 Å². The first-order valence-electron chi connectivity index (χ1n) is 40.5. The number of nitrogens with zero attached hydrogens (tertiary/aromatic N) is 12. The van der Waals surface area contributed by atoms with E-state index in [1.165, 1.54) is 6.42 Å². The number of rotatable bonds is 38. The molecule has 0 bridgehead atoms. The normalized spacial score (nSPS) is 12.5. The number of hydrogen-bond donors (Lipinski definition) is 7. The topological polar surface area (TPSA) is 386 Å². The quantitative estimate of drug-likeness (QED) is 0.0140. The maximum atomic E-state index is 11.7. The zero-order valence-electron chi connectivity index (χ0n) is 72.9. The zero-order valence-corrected chi connectivity index (χ0v) is 75.9. The van der Waals surface area contributed by atoms with Gasteiger partial charge in [0.2, 0.25) is 22.5 Å². The van der Waals surface area contributed by atoms with Gasteiger partial charge in [0.1, 0.15) is 68.7 Å². The second kappa shape index (κ2) is 55.3. The smallest absolute Gasteiger partial charge is 0.227 e. The van der Waals surface area contributed by atoms with Crippen molar-refractivity contribution in [2.75, 3.05) is 55.4 Å². The molecule has 10 aromatic rings. The summed E-state index contributed by atoms with van der Waals surface area (Å²) in [5, 5.41) is 17.8. The summed E-state index contributed by atoms with van der Waals surface area (Å²) in [5.41, 5.74) is 20.7. The van der Waals surface area contributed by atoms with Crippen LogP contribution in [0.25, 0.3) is 44.1 Å². The molecular formula is C89H131Cl4N19O8. The fourth-order valence-electron chi connectivity index (χ4n) is 12.2. The summed E-state index contributed by atoms with van der Waals surface area (Å²) in [5.74, 6) is 6.57. The van der Waals surface area contributed by atoms with Crippen molar-refractivity contribution in [3.63, 3.8) is 0 Å². The molecule has 8 heterocycles. The number of nitrogens with one attached hydrogen (secondary N) is 4. The van der Waals surface area contributed by atoms with E-state index in [1.54, 1.807) is 93.1 Å². The third-order valence-corrected chi connectivity index (χ3v) is 19.8. The number of unbranched alkanes of at least 4 members (excludes halogenated alkanes) is 4. The average Bonchev–Trinajstić information content (AvgIpc) is 0.805. The van der Waals surface area contributed by atoms with E-state index in [0.29, 0.717) is 95.3 Å². The van der Waals surface area contributed by atoms with Crippen molar-refractivity contribution in [1.29, 1.82) is 0 Å². The highest BCUT2D eigenvalue weighted by Crippen LogP contribution is 2.34. The number of nitrogen functional groups attached to an aromatic ring is 1. The minimum atomic E-state index is -0.269. The van der Waals surface area contributed by atoms with E-state index in [2.05, 4.69) is 125 Å². The number of Topliss-reactive ketones (excluding diaryl/α,β-unsaturated/α-hetero) is 4. The standard InChI is InChI=1S/C26H35N5O3.C17H23ClN4O.C17H25N5O.C10H21NO.C9H13NO2.C7H3Cl2N3.C2H6.CH4.ClH/c1-6-7-13-26(3,14-12-18(2)32)31-24-21-9-8-15-27-23(21)29-25(30-24)28-17-19-10-11-20(33-4)16-22(19)34-5;2*1-4-5-9-17(3,10-8-12(2)23)22-15-13-7-6-11-19-14(13)20-16(18)21-15;1-4-5-7-10(3,11)8-6-9(2)12;1-11-8-4-3-7(6-10)9(5-8)12-2;8-5-4-2-1-3-10-6(4)12-7(9)11-5;1-2;;/h8-11,15-16H,6-7,12-14,17H2,1-5H3,(H2,27,28,29,30,31);6-7,11H,4-5,8-10H2,1-3H3,(H,19,20,21,22);6-7,11H,4-5,8-10H2,1-3H3,(H3,18,19,20,21,22);4-8,11H2,1-3H3;3-5H,6,10H2,1-2H3;1-3H;1-2H3;1H4;1H/t26-;2*17-;10-;;;;;/m1111...../s1. The van der Waals surface area contributed by atoms with Gasteiger partial charge in [0, 0.05) is 109 Å². The van der Waals surface area contributed by atoms with Gasteiger partial charge in [0.25, 0.3) is 0 Å². The number of halogens is 4. The summed E-state index contributed by atoms with van der Waals surface area (Å²) in [4.78, 5) is 96.2. The van der Waals surface area contributed by atoms with Gasteiger partial charge in [0.15, 0.2) is 22.6 Å². The number of benzene rings is 2. The summed E-state index contributed by atoms with van der Waals surface area (Å²) in [6, 6.07) is 26.2. The van der Waals surface area contributed by atoms with Gasteiger partial charge in [-0.3, -0.25) is 0 Å². The van der Waals surface area contributed by atoms with Gasteiger partial charge in [-0.05, 0) is 197 Å². The predicted octanol–water partition coefficient (Wildman–Crippen LogP) is 21.0. The van der Waals surface area contributed by atoms with Crippen molar-refractivity contribution in [2.45, 2.75) is 268 Å². The molecular weight excluding hydrogens is 1600 g/mol. The molecule has 0 unspecified atom stereocenters. The largest absolute Gasteiger partial charge is 0.497 e. The van der Waals surface area contributed by atoms with E-state index in [9.17, 15) is 19.2 Å². The zero-order chi connectivity index (χ0) is 87.4. The summed E-state index contributed by atoms with van der Waals surface area (Å²) < 4.78 is 20.9. The van der Waals surface area contributed by atoms with Crippen LogP contribution in [0.3, 0.4) is 0 Å². The number of methoxy groups -OCH3 is 4. The third kappa shape index (κ3) is 37.6. The summed E-state index contributed by atoms with van der Waals surface area (Å²) in [7, 11) is 6.50. The lowest BCUT2D eigenvalue weighted by Crippen LogP contribution is -2.36. The highest BCUT2D eigenvalue weighted by Gasteiger charge is 2.29. The van der Waals surface area contributed by atoms with Crippen LogP contribution in [0.15, 0.2) is 110 Å². The monoisotopic (exact) mass is 1730 g/mol. The lowest BCUT2D eigenvalue weighted by Gasteiger charge is -2.32. The molecule has 4 atom stereocenters. The van der Waals surface area contributed by atoms with Crippen LogP contribution < -0.4 is 57.4 Å². The molecule has 658 valence electrons. The summed E-state index contributed by atoms with van der Waals surface area (Å²) in [6.07, 6.45) is 24.7. The van der Waals surface area contributed by atoms with Crippen LogP contribution in [-0.2, 0) is 32.3 Å². The molecule has 10 N–H and O–H groups in total. The van der Waals surface area contributed by atoms with Crippen LogP contribution in [0.1, 0.15) is 244 Å². The minimum Gasteiger partial charge on any atom is -0.497 e. The first-order chi connectivity index (χ1) is 56.3. The van der Waals surface area contributed by atoms with Crippen LogP contribution >= 0.6 is 47.2 Å². The molecule has 0 fully saturated rings. The molecule has 0 saturated carbocycles. The number of anilines is 5. The third-order valence-electron chi connectivity index (χ3n) is 19.2. The molecule has 27 nitrogen and oxygen atoms in total. The molecule has 8 aromatic heterocycles. The number of carbonyl (C=O) groups excluding carboxylic acids is 4. The molecule has 0 spiro atoms. The van der Waals surface area contributed by atoms with Crippen molar-refractivity contribution in [3.8, 4) is 23.0 Å². The molecule has 0 aliphatic rings. The summed E-state index contributed by atoms with van der Waals surface area (Å²) in [6.45, 7) is 28.6. The molecule has 0 aliphatic carbocycles. The van der Waals surface area contributed by atoms with E-state index in [0.717, 1.165) is 147 Å². The SMILES string of the molecule is C.CC.CCCC[C@@](C)(N)CCC(C)=O.CCCC[C@](C)(CCC(C)=O)Nc1nc(Cl)nc2ncccc12.CCCC[C@](C)(CCC(C)=O)Nc1nc(N)nc2ncccc12.CCCC[C@](C)(CCC(C)=O)Nc1nc(NCc2ccc(OC)cc2OC)nc2ncccc12.COc1ccc(CN)c(OC)c1.Cl.Clc1nc(Cl)c2cccnc2n1. The molecule has 0 saturated heterocycles. The molecule has 0 aliphatic heterocycles. The first-order valence-corrected chi connectivity index (χ1v) is 41.6.